The lowest BCUT2D eigenvalue weighted by atomic mass is 9.99. The highest BCUT2D eigenvalue weighted by molar-refractivity contribution is 7.21. The van der Waals surface area contributed by atoms with Crippen molar-refractivity contribution in [2.24, 2.45) is 0 Å². The van der Waals surface area contributed by atoms with Gasteiger partial charge in [0.25, 0.3) is 11.9 Å². The minimum absolute atomic E-state index is 0.0340. The summed E-state index contributed by atoms with van der Waals surface area (Å²) >= 11 is 1.38. The first-order valence-electron chi connectivity index (χ1n) is 7.01. The number of nitrogens with zero attached hydrogens (tertiary/aromatic N) is 3. The van der Waals surface area contributed by atoms with Crippen molar-refractivity contribution in [1.82, 2.24) is 20.6 Å². The summed E-state index contributed by atoms with van der Waals surface area (Å²) in [5.41, 5.74) is 1.08. The first-order chi connectivity index (χ1) is 11.2. The molecule has 2 N–H and O–H groups in total. The van der Waals surface area contributed by atoms with Crippen molar-refractivity contribution in [3.63, 3.8) is 0 Å². The molecule has 3 heterocycles. The van der Waals surface area contributed by atoms with Crippen LogP contribution in [0, 0.1) is 0 Å². The van der Waals surface area contributed by atoms with Gasteiger partial charge in [0.05, 0.1) is 7.11 Å². The number of carbonyl (C=O) groups excluding carboxylic acids is 1. The van der Waals surface area contributed by atoms with E-state index in [0.717, 1.165) is 27.8 Å². The Morgan fingerprint density at radius 1 is 1.52 bits per heavy atom. The number of thiophene rings is 1. The van der Waals surface area contributed by atoms with E-state index in [1.165, 1.54) is 11.3 Å². The second-order valence-corrected chi connectivity index (χ2v) is 6.25. The number of methoxy groups -OCH3 is 1. The summed E-state index contributed by atoms with van der Waals surface area (Å²) in [5.74, 6) is 1.22. The molecule has 0 spiro atoms. The van der Waals surface area contributed by atoms with Gasteiger partial charge in [0.15, 0.2) is 5.75 Å². The van der Waals surface area contributed by atoms with Crippen molar-refractivity contribution < 1.29 is 14.3 Å². The molecule has 1 amide bonds. The van der Waals surface area contributed by atoms with Crippen molar-refractivity contribution in [3.8, 4) is 11.5 Å². The number of nitrogens with one attached hydrogen (secondary N) is 2. The van der Waals surface area contributed by atoms with Gasteiger partial charge in [-0.15, -0.1) is 16.4 Å². The molecular formula is C14H13N5O3S. The molecular weight excluding hydrogens is 318 g/mol. The quantitative estimate of drug-likeness (QED) is 0.761. The Bertz CT molecular complexity index is 890. The fourth-order valence-corrected chi connectivity index (χ4v) is 3.83. The fourth-order valence-electron chi connectivity index (χ4n) is 2.77. The van der Waals surface area contributed by atoms with Gasteiger partial charge in [0.2, 0.25) is 0 Å². The number of aromatic nitrogens is 4. The molecule has 8 nitrogen and oxygen atoms in total. The van der Waals surface area contributed by atoms with Crippen molar-refractivity contribution >= 4 is 33.3 Å². The smallest absolute Gasteiger partial charge is 0.272 e. The summed E-state index contributed by atoms with van der Waals surface area (Å²) in [6, 6.07) is 3.87. The van der Waals surface area contributed by atoms with Crippen LogP contribution in [0.15, 0.2) is 12.1 Å². The van der Waals surface area contributed by atoms with Gasteiger partial charge < -0.3 is 9.47 Å². The van der Waals surface area contributed by atoms with Crippen LogP contribution in [0.1, 0.15) is 22.2 Å². The van der Waals surface area contributed by atoms with Gasteiger partial charge in [-0.05, 0) is 24.3 Å². The lowest BCUT2D eigenvalue weighted by Crippen LogP contribution is -2.21. The third-order valence-electron chi connectivity index (χ3n) is 3.68. The number of aromatic amines is 1. The zero-order valence-electron chi connectivity index (χ0n) is 12.4. The average molecular weight is 331 g/mol. The molecule has 3 aromatic rings. The molecule has 1 aliphatic heterocycles. The van der Waals surface area contributed by atoms with Crippen LogP contribution in [0.5, 0.6) is 11.5 Å². The van der Waals surface area contributed by atoms with E-state index in [0.29, 0.717) is 10.6 Å². The summed E-state index contributed by atoms with van der Waals surface area (Å²) in [5, 5.41) is 16.7. The van der Waals surface area contributed by atoms with Crippen LogP contribution >= 0.6 is 11.3 Å². The van der Waals surface area contributed by atoms with E-state index in [1.54, 1.807) is 7.11 Å². The van der Waals surface area contributed by atoms with Crippen molar-refractivity contribution in [1.29, 1.82) is 0 Å². The highest BCUT2D eigenvalue weighted by Crippen LogP contribution is 2.46. The van der Waals surface area contributed by atoms with Crippen LogP contribution in [0.25, 0.3) is 10.1 Å². The van der Waals surface area contributed by atoms with Gasteiger partial charge in [-0.25, -0.2) is 0 Å². The average Bonchev–Trinajstić information content (AvgIpc) is 3.16. The van der Waals surface area contributed by atoms with Gasteiger partial charge in [-0.2, -0.15) is 5.21 Å². The number of ether oxygens (including phenoxy) is 2. The predicted octanol–water partition coefficient (Wildman–Crippen LogP) is 2.00. The molecule has 2 aromatic heterocycles. The Labute approximate surface area is 134 Å². The normalized spacial score (nSPS) is 16.2. The molecule has 0 fully saturated rings. The van der Waals surface area contributed by atoms with Crippen LogP contribution < -0.4 is 14.8 Å². The molecule has 0 aliphatic carbocycles. The molecule has 1 unspecified atom stereocenters. The Hall–Kier alpha value is -2.68. The second-order valence-electron chi connectivity index (χ2n) is 5.20. The number of anilines is 1. The largest absolute Gasteiger partial charge is 0.496 e. The van der Waals surface area contributed by atoms with Gasteiger partial charge in [0.1, 0.15) is 16.7 Å². The number of hydrogen-bond donors (Lipinski definition) is 2. The first-order valence-corrected chi connectivity index (χ1v) is 7.83. The van der Waals surface area contributed by atoms with Crippen LogP contribution in [-0.2, 0) is 6.42 Å². The fraction of sp³-hybridized carbons (Fsp3) is 0.286. The third kappa shape index (κ3) is 2.20. The maximum Gasteiger partial charge on any atom is 0.272 e. The zero-order chi connectivity index (χ0) is 16.0. The Balaban J connectivity index is 1.84. The summed E-state index contributed by atoms with van der Waals surface area (Å²) in [4.78, 5) is 13.0. The van der Waals surface area contributed by atoms with E-state index in [9.17, 15) is 4.79 Å². The SMILES string of the molecule is COc1ccc2sc(C(=O)Nc3nn[nH]n3)c3c2c1CC(C)O3. The topological polar surface area (TPSA) is 102 Å². The Morgan fingerprint density at radius 2 is 2.39 bits per heavy atom. The molecule has 0 saturated carbocycles. The number of tetrazole rings is 1. The first kappa shape index (κ1) is 13.9. The van der Waals surface area contributed by atoms with Gasteiger partial charge >= 0.3 is 0 Å². The molecule has 1 aromatic carbocycles. The van der Waals surface area contributed by atoms with Crippen LogP contribution in [0.4, 0.5) is 5.95 Å². The van der Waals surface area contributed by atoms with Crippen LogP contribution in [0.2, 0.25) is 0 Å². The van der Waals surface area contributed by atoms with E-state index in [1.807, 2.05) is 19.1 Å². The lowest BCUT2D eigenvalue weighted by molar-refractivity contribution is 0.102. The molecule has 23 heavy (non-hydrogen) atoms. The molecule has 1 atom stereocenters. The van der Waals surface area contributed by atoms with E-state index in [2.05, 4.69) is 25.9 Å². The van der Waals surface area contributed by atoms with E-state index < -0.39 is 0 Å². The number of hydrogen-bond acceptors (Lipinski definition) is 7. The van der Waals surface area contributed by atoms with Gasteiger partial charge in [-0.1, -0.05) is 5.10 Å². The summed E-state index contributed by atoms with van der Waals surface area (Å²) in [7, 11) is 1.65. The van der Waals surface area contributed by atoms with Crippen molar-refractivity contribution in [2.75, 3.05) is 12.4 Å². The van der Waals surface area contributed by atoms with Gasteiger partial charge in [0, 0.05) is 22.1 Å². The molecule has 0 saturated heterocycles. The molecule has 1 aliphatic rings. The standard InChI is InChI=1S/C14H13N5O3S/c1-6-5-7-8(21-2)3-4-9-10(7)11(22-6)12(23-9)13(20)15-14-16-18-19-17-14/h3-4,6H,5H2,1-2H3,(H2,15,16,17,18,19,20). The Kier molecular flexibility index (Phi) is 3.15. The maximum absolute atomic E-state index is 12.5. The molecule has 0 bridgehead atoms. The highest BCUT2D eigenvalue weighted by Gasteiger charge is 2.29. The molecule has 0 radical (unpaired) electrons. The van der Waals surface area contributed by atoms with Crippen LogP contribution in [0.3, 0.4) is 0 Å². The number of amides is 1. The van der Waals surface area contributed by atoms with Crippen molar-refractivity contribution in [2.45, 2.75) is 19.4 Å². The Morgan fingerprint density at radius 3 is 3.13 bits per heavy atom. The zero-order valence-corrected chi connectivity index (χ0v) is 13.2. The summed E-state index contributed by atoms with van der Waals surface area (Å²) in [6.45, 7) is 1.97. The van der Waals surface area contributed by atoms with Crippen LogP contribution in [-0.4, -0.2) is 39.7 Å². The molecule has 118 valence electrons. The minimum Gasteiger partial charge on any atom is -0.496 e. The molecule has 9 heteroatoms. The number of rotatable bonds is 3. The van der Waals surface area contributed by atoms with E-state index in [-0.39, 0.29) is 18.0 Å². The van der Waals surface area contributed by atoms with Crippen molar-refractivity contribution in [3.05, 3.63) is 22.6 Å². The maximum atomic E-state index is 12.5. The highest BCUT2D eigenvalue weighted by atomic mass is 32.1. The minimum atomic E-state index is -0.318. The predicted molar refractivity (Wildman–Crippen MR) is 84.3 cm³/mol. The van der Waals surface area contributed by atoms with E-state index in [4.69, 9.17) is 9.47 Å². The number of H-pyrrole nitrogens is 1. The number of carbonyl (C=O) groups is 1. The second kappa shape index (κ2) is 5.20. The monoisotopic (exact) mass is 331 g/mol. The van der Waals surface area contributed by atoms with E-state index >= 15 is 0 Å². The summed E-state index contributed by atoms with van der Waals surface area (Å²) < 4.78 is 12.4. The third-order valence-corrected chi connectivity index (χ3v) is 4.82. The summed E-state index contributed by atoms with van der Waals surface area (Å²) in [6.07, 6.45) is 0.712. The lowest BCUT2D eigenvalue weighted by Gasteiger charge is -2.23. The molecule has 4 rings (SSSR count). The number of benzene rings is 1. The van der Waals surface area contributed by atoms with Gasteiger partial charge in [-0.3, -0.25) is 10.1 Å².